The van der Waals surface area contributed by atoms with Gasteiger partial charge in [0, 0.05) is 23.2 Å². The highest BCUT2D eigenvalue weighted by molar-refractivity contribution is 5.88. The summed E-state index contributed by atoms with van der Waals surface area (Å²) in [5, 5.41) is 0. The summed E-state index contributed by atoms with van der Waals surface area (Å²) in [7, 11) is 0. The first-order valence-electron chi connectivity index (χ1n) is 9.38. The lowest BCUT2D eigenvalue weighted by atomic mass is 9.80. The molecule has 3 atom stereocenters. The molecule has 0 N–H and O–H groups in total. The highest BCUT2D eigenvalue weighted by Gasteiger charge is 2.48. The van der Waals surface area contributed by atoms with E-state index in [4.69, 9.17) is 0 Å². The smallest absolute Gasteiger partial charge is 0.162 e. The summed E-state index contributed by atoms with van der Waals surface area (Å²) in [5.41, 5.74) is 6.03. The summed E-state index contributed by atoms with van der Waals surface area (Å²) >= 11 is 0. The van der Waals surface area contributed by atoms with Gasteiger partial charge in [0.25, 0.3) is 0 Å². The zero-order valence-electron chi connectivity index (χ0n) is 15.6. The molecule has 2 aromatic carbocycles. The predicted octanol–water partition coefficient (Wildman–Crippen LogP) is 5.32. The second kappa shape index (κ2) is 5.95. The predicted molar refractivity (Wildman–Crippen MR) is 110 cm³/mol. The van der Waals surface area contributed by atoms with Crippen LogP contribution in [0.2, 0.25) is 0 Å². The largest absolute Gasteiger partial charge is 0.315 e. The van der Waals surface area contributed by atoms with Gasteiger partial charge in [0.05, 0.1) is 6.20 Å². The lowest BCUT2D eigenvalue weighted by Crippen LogP contribution is -2.48. The van der Waals surface area contributed by atoms with Crippen LogP contribution in [0.1, 0.15) is 24.0 Å². The van der Waals surface area contributed by atoms with Gasteiger partial charge in [0.1, 0.15) is 18.2 Å². The number of nitrogens with zero attached hydrogens (tertiary/aromatic N) is 4. The average Bonchev–Trinajstić information content (AvgIpc) is 3.05. The summed E-state index contributed by atoms with van der Waals surface area (Å²) in [6.45, 7) is 8.62. The third-order valence-electron chi connectivity index (χ3n) is 5.91. The van der Waals surface area contributed by atoms with Crippen LogP contribution in [-0.4, -0.2) is 16.1 Å². The van der Waals surface area contributed by atoms with Crippen LogP contribution in [0.3, 0.4) is 0 Å². The minimum Gasteiger partial charge on any atom is -0.315 e. The van der Waals surface area contributed by atoms with Crippen LogP contribution in [0, 0.1) is 12.8 Å². The second-order valence-electron chi connectivity index (χ2n) is 7.35. The summed E-state index contributed by atoms with van der Waals surface area (Å²) in [5.74, 6) is 1.60. The summed E-state index contributed by atoms with van der Waals surface area (Å²) in [6.07, 6.45) is 5.80. The summed E-state index contributed by atoms with van der Waals surface area (Å²) in [4.78, 5) is 13.8. The second-order valence-corrected chi connectivity index (χ2v) is 7.35. The van der Waals surface area contributed by atoms with E-state index >= 15 is 0 Å². The minimum absolute atomic E-state index is 0.135. The maximum absolute atomic E-state index is 4.68. The maximum Gasteiger partial charge on any atom is 0.162 e. The number of benzene rings is 2. The molecule has 1 aromatic heterocycles. The van der Waals surface area contributed by atoms with Gasteiger partial charge in [-0.2, -0.15) is 0 Å². The number of aryl methyl sites for hydroxylation is 1. The first kappa shape index (κ1) is 16.1. The maximum atomic E-state index is 4.68. The number of aromatic nitrogens is 2. The van der Waals surface area contributed by atoms with Gasteiger partial charge in [0.15, 0.2) is 5.82 Å². The van der Waals surface area contributed by atoms with E-state index in [0.29, 0.717) is 5.92 Å². The number of fused-ring (bicyclic) bond motifs is 5. The molecule has 0 bridgehead atoms. The van der Waals surface area contributed by atoms with E-state index in [1.807, 2.05) is 6.20 Å². The topological polar surface area (TPSA) is 32.3 Å². The van der Waals surface area contributed by atoms with Gasteiger partial charge in [-0.3, -0.25) is 0 Å². The molecule has 4 nitrogen and oxygen atoms in total. The number of para-hydroxylation sites is 2. The highest BCUT2D eigenvalue weighted by Crippen LogP contribution is 2.55. The van der Waals surface area contributed by atoms with Gasteiger partial charge in [-0.15, -0.1) is 6.58 Å². The van der Waals surface area contributed by atoms with Crippen molar-refractivity contribution in [2.45, 2.75) is 25.9 Å². The van der Waals surface area contributed by atoms with E-state index in [9.17, 15) is 0 Å². The first-order chi connectivity index (χ1) is 13.2. The fourth-order valence-electron chi connectivity index (χ4n) is 4.69. The molecule has 0 spiro atoms. The molecule has 3 unspecified atom stereocenters. The van der Waals surface area contributed by atoms with Crippen molar-refractivity contribution in [2.24, 2.45) is 5.92 Å². The van der Waals surface area contributed by atoms with Crippen molar-refractivity contribution in [1.29, 1.82) is 0 Å². The van der Waals surface area contributed by atoms with Crippen LogP contribution in [0.5, 0.6) is 0 Å². The zero-order chi connectivity index (χ0) is 18.5. The molecular formula is C23H22N4. The number of hydrogen-bond donors (Lipinski definition) is 0. The number of rotatable bonds is 2. The van der Waals surface area contributed by atoms with E-state index < -0.39 is 0 Å². The molecule has 0 amide bonds. The van der Waals surface area contributed by atoms with Crippen LogP contribution in [0.25, 0.3) is 0 Å². The van der Waals surface area contributed by atoms with Gasteiger partial charge >= 0.3 is 0 Å². The lowest BCUT2D eigenvalue weighted by Gasteiger charge is -2.45. The van der Waals surface area contributed by atoms with Crippen molar-refractivity contribution in [3.8, 4) is 0 Å². The van der Waals surface area contributed by atoms with Crippen LogP contribution < -0.4 is 9.80 Å². The molecule has 5 rings (SSSR count). The fourth-order valence-corrected chi connectivity index (χ4v) is 4.69. The van der Waals surface area contributed by atoms with Gasteiger partial charge in [-0.1, -0.05) is 49.4 Å². The van der Waals surface area contributed by atoms with E-state index in [0.717, 1.165) is 11.5 Å². The lowest BCUT2D eigenvalue weighted by molar-refractivity contribution is 0.409. The standard InChI is InChI=1S/C23H22N4/c1-4-17-16(3)23-26(19-11-7-5-9-15(19)2)21-13-24-14-25-22(21)27(23)20-12-8-6-10-18(17)20/h4-14,16-17,23H,1H2,2-3H3. The van der Waals surface area contributed by atoms with Crippen molar-refractivity contribution in [3.63, 3.8) is 0 Å². The fraction of sp³-hybridized carbons (Fsp3) is 0.217. The van der Waals surface area contributed by atoms with Crippen LogP contribution in [0.4, 0.5) is 22.9 Å². The van der Waals surface area contributed by atoms with E-state index in [1.165, 1.54) is 22.5 Å². The third kappa shape index (κ3) is 2.16. The Morgan fingerprint density at radius 2 is 1.70 bits per heavy atom. The Kier molecular flexibility index (Phi) is 3.54. The molecule has 0 aliphatic carbocycles. The van der Waals surface area contributed by atoms with Gasteiger partial charge < -0.3 is 9.80 Å². The Balaban J connectivity index is 1.79. The molecule has 3 heterocycles. The molecular weight excluding hydrogens is 332 g/mol. The molecule has 2 aliphatic rings. The summed E-state index contributed by atoms with van der Waals surface area (Å²) < 4.78 is 0. The third-order valence-corrected chi connectivity index (χ3v) is 5.91. The van der Waals surface area contributed by atoms with Crippen molar-refractivity contribution < 1.29 is 0 Å². The Bertz CT molecular complexity index is 1030. The minimum atomic E-state index is 0.135. The monoisotopic (exact) mass is 354 g/mol. The molecule has 4 heteroatoms. The van der Waals surface area contributed by atoms with Crippen molar-refractivity contribution in [1.82, 2.24) is 9.97 Å². The van der Waals surface area contributed by atoms with Crippen molar-refractivity contribution in [3.05, 3.63) is 84.8 Å². The normalized spacial score (nSPS) is 22.8. The van der Waals surface area contributed by atoms with Crippen LogP contribution >= 0.6 is 0 Å². The van der Waals surface area contributed by atoms with Gasteiger partial charge in [-0.05, 0) is 30.2 Å². The quantitative estimate of drug-likeness (QED) is 0.583. The molecule has 134 valence electrons. The Labute approximate surface area is 159 Å². The number of allylic oxidation sites excluding steroid dienone is 1. The van der Waals surface area contributed by atoms with E-state index in [2.05, 4.69) is 94.8 Å². The number of hydrogen-bond acceptors (Lipinski definition) is 4. The molecule has 0 fully saturated rings. The van der Waals surface area contributed by atoms with Crippen molar-refractivity contribution >= 4 is 22.9 Å². The van der Waals surface area contributed by atoms with Gasteiger partial charge in [-0.25, -0.2) is 9.97 Å². The Morgan fingerprint density at radius 1 is 0.963 bits per heavy atom. The van der Waals surface area contributed by atoms with Crippen LogP contribution in [-0.2, 0) is 0 Å². The zero-order valence-corrected chi connectivity index (χ0v) is 15.6. The molecule has 0 saturated carbocycles. The van der Waals surface area contributed by atoms with Crippen LogP contribution in [0.15, 0.2) is 73.7 Å². The molecule has 2 aliphatic heterocycles. The molecule has 3 aromatic rings. The Morgan fingerprint density at radius 3 is 2.48 bits per heavy atom. The Hall–Kier alpha value is -3.14. The van der Waals surface area contributed by atoms with E-state index in [1.54, 1.807) is 6.33 Å². The van der Waals surface area contributed by atoms with Gasteiger partial charge in [0.2, 0.25) is 0 Å². The molecule has 27 heavy (non-hydrogen) atoms. The average molecular weight is 354 g/mol. The highest BCUT2D eigenvalue weighted by atomic mass is 15.5. The molecule has 0 saturated heterocycles. The SMILES string of the molecule is C=CC1c2ccccc2N2c3ncncc3N(c3ccccc3C)C2C1C. The first-order valence-corrected chi connectivity index (χ1v) is 9.38. The molecule has 0 radical (unpaired) electrons. The summed E-state index contributed by atoms with van der Waals surface area (Å²) in [6, 6.07) is 17.1. The number of anilines is 4. The van der Waals surface area contributed by atoms with Crippen molar-refractivity contribution in [2.75, 3.05) is 9.80 Å². The van der Waals surface area contributed by atoms with E-state index in [-0.39, 0.29) is 12.1 Å².